The molecule has 0 N–H and O–H groups in total. The van der Waals surface area contributed by atoms with Crippen molar-refractivity contribution in [2.75, 3.05) is 0 Å². The van der Waals surface area contributed by atoms with Crippen LogP contribution in [0, 0.1) is 0 Å². The van der Waals surface area contributed by atoms with Crippen molar-refractivity contribution in [1.82, 2.24) is 14.1 Å². The Morgan fingerprint density at radius 3 is 1.61 bits per heavy atom. The third-order valence-corrected chi connectivity index (χ3v) is 12.4. The fourth-order valence-corrected chi connectivity index (χ4v) is 9.94. The van der Waals surface area contributed by atoms with Crippen LogP contribution in [0.1, 0.15) is 22.3 Å². The summed E-state index contributed by atoms with van der Waals surface area (Å²) in [7, 11) is 0. The van der Waals surface area contributed by atoms with Crippen molar-refractivity contribution < 1.29 is 0 Å². The average molecular weight is 752 g/mol. The summed E-state index contributed by atoms with van der Waals surface area (Å²) in [5.74, 6) is 0.935. The summed E-state index contributed by atoms with van der Waals surface area (Å²) in [5, 5.41) is 2.55. The maximum atomic E-state index is 5.08. The van der Waals surface area contributed by atoms with E-state index in [4.69, 9.17) is 4.98 Å². The molecule has 0 saturated heterocycles. The highest BCUT2D eigenvalue weighted by Crippen LogP contribution is 2.58. The van der Waals surface area contributed by atoms with E-state index in [1.54, 1.807) is 0 Å². The van der Waals surface area contributed by atoms with E-state index >= 15 is 0 Å². The lowest BCUT2D eigenvalue weighted by molar-refractivity contribution is 0.769. The predicted octanol–water partition coefficient (Wildman–Crippen LogP) is 13.8. The number of imidazole rings is 1. The van der Waals surface area contributed by atoms with Gasteiger partial charge in [-0.1, -0.05) is 176 Å². The van der Waals surface area contributed by atoms with E-state index in [9.17, 15) is 0 Å². The molecule has 3 heteroatoms. The second-order valence-corrected chi connectivity index (χ2v) is 15.5. The minimum Gasteiger partial charge on any atom is -0.309 e. The molecule has 2 aromatic heterocycles. The van der Waals surface area contributed by atoms with E-state index in [0.29, 0.717) is 0 Å². The number of hydrogen-bond acceptors (Lipinski definition) is 1. The molecule has 0 atom stereocenters. The third kappa shape index (κ3) is 4.92. The van der Waals surface area contributed by atoms with Crippen LogP contribution in [-0.4, -0.2) is 14.1 Å². The zero-order valence-electron chi connectivity index (χ0n) is 32.2. The molecule has 0 amide bonds. The molecular weight excluding hydrogens is 715 g/mol. The Labute approximate surface area is 342 Å². The van der Waals surface area contributed by atoms with Gasteiger partial charge in [0.1, 0.15) is 5.82 Å². The first-order chi connectivity index (χ1) is 29.3. The Morgan fingerprint density at radius 1 is 0.356 bits per heavy atom. The lowest BCUT2D eigenvalue weighted by Crippen LogP contribution is -2.28. The molecular formula is C56H37N3. The quantitative estimate of drug-likeness (QED) is 0.166. The van der Waals surface area contributed by atoms with E-state index in [0.717, 1.165) is 39.4 Å². The number of hydrogen-bond donors (Lipinski definition) is 0. The molecule has 0 radical (unpaired) electrons. The Morgan fingerprint density at radius 2 is 0.898 bits per heavy atom. The van der Waals surface area contributed by atoms with E-state index in [2.05, 4.69) is 234 Å². The summed E-state index contributed by atoms with van der Waals surface area (Å²) in [4.78, 5) is 5.08. The van der Waals surface area contributed by atoms with Crippen molar-refractivity contribution >= 4 is 32.8 Å². The smallest absolute Gasteiger partial charge is 0.145 e. The summed E-state index contributed by atoms with van der Waals surface area (Å²) in [6, 6.07) is 81.5. The third-order valence-electron chi connectivity index (χ3n) is 12.4. The molecule has 1 aliphatic carbocycles. The van der Waals surface area contributed by atoms with Gasteiger partial charge in [0.05, 0.1) is 27.5 Å². The van der Waals surface area contributed by atoms with E-state index in [-0.39, 0.29) is 0 Å². The molecule has 59 heavy (non-hydrogen) atoms. The standard InChI is InChI=1S/C56H37N3/c1-4-16-41(17-5-1)56(42-18-6-2-7-19-42)47-24-12-10-22-45(47)53-48(56)36-37-52-54(53)46-23-11-14-26-50(46)58(52)44-34-32-39(33-35-44)38-28-30-40(31-29-38)55-57-49-25-13-15-27-51(49)59(55)43-20-8-3-9-21-43/h1-37H. The summed E-state index contributed by atoms with van der Waals surface area (Å²) < 4.78 is 4.70. The monoisotopic (exact) mass is 751 g/mol. The molecule has 2 heterocycles. The molecule has 0 bridgehead atoms. The molecule has 1 aliphatic rings. The fourth-order valence-electron chi connectivity index (χ4n) is 9.94. The molecule has 0 unspecified atom stereocenters. The highest BCUT2D eigenvalue weighted by molar-refractivity contribution is 6.18. The first-order valence-corrected chi connectivity index (χ1v) is 20.3. The van der Waals surface area contributed by atoms with Gasteiger partial charge in [-0.25, -0.2) is 4.98 Å². The van der Waals surface area contributed by atoms with Gasteiger partial charge in [0.25, 0.3) is 0 Å². The molecule has 276 valence electrons. The van der Waals surface area contributed by atoms with Crippen LogP contribution in [-0.2, 0) is 5.41 Å². The lowest BCUT2D eigenvalue weighted by Gasteiger charge is -2.33. The molecule has 12 rings (SSSR count). The zero-order valence-corrected chi connectivity index (χ0v) is 32.2. The van der Waals surface area contributed by atoms with Crippen molar-refractivity contribution in [3.63, 3.8) is 0 Å². The van der Waals surface area contributed by atoms with Crippen LogP contribution in [0.3, 0.4) is 0 Å². The average Bonchev–Trinajstić information content (AvgIpc) is 3.97. The minimum atomic E-state index is -0.447. The van der Waals surface area contributed by atoms with Gasteiger partial charge in [-0.3, -0.25) is 4.57 Å². The summed E-state index contributed by atoms with van der Waals surface area (Å²) in [6.07, 6.45) is 0. The zero-order chi connectivity index (χ0) is 38.9. The molecule has 9 aromatic carbocycles. The van der Waals surface area contributed by atoms with Crippen LogP contribution in [0.5, 0.6) is 0 Å². The fraction of sp³-hybridized carbons (Fsp3) is 0.0179. The minimum absolute atomic E-state index is 0.447. The van der Waals surface area contributed by atoms with Crippen LogP contribution in [0.25, 0.3) is 77.9 Å². The van der Waals surface area contributed by atoms with Gasteiger partial charge in [0.15, 0.2) is 0 Å². The van der Waals surface area contributed by atoms with Crippen molar-refractivity contribution in [3.8, 4) is 45.0 Å². The highest BCUT2D eigenvalue weighted by atomic mass is 15.1. The lowest BCUT2D eigenvalue weighted by atomic mass is 9.67. The Hall–Kier alpha value is -7.75. The van der Waals surface area contributed by atoms with Crippen LogP contribution in [0.2, 0.25) is 0 Å². The van der Waals surface area contributed by atoms with Gasteiger partial charge >= 0.3 is 0 Å². The Kier molecular flexibility index (Phi) is 7.45. The summed E-state index contributed by atoms with van der Waals surface area (Å²) >= 11 is 0. The number of fused-ring (bicyclic) bond motifs is 8. The van der Waals surface area contributed by atoms with E-state index in [1.165, 1.54) is 60.8 Å². The maximum absolute atomic E-state index is 5.08. The highest BCUT2D eigenvalue weighted by Gasteiger charge is 2.47. The first kappa shape index (κ1) is 33.4. The van der Waals surface area contributed by atoms with Crippen LogP contribution < -0.4 is 0 Å². The SMILES string of the molecule is c1ccc(-n2c(-c3ccc(-c4ccc(-n5c6ccccc6c6c7c(ccc65)C(c5ccccc5)(c5ccccc5)c5ccccc5-7)cc4)cc3)nc3ccccc32)cc1. The molecule has 0 saturated carbocycles. The van der Waals surface area contributed by atoms with Gasteiger partial charge in [0, 0.05) is 27.7 Å². The maximum Gasteiger partial charge on any atom is 0.145 e. The van der Waals surface area contributed by atoms with Crippen molar-refractivity contribution in [1.29, 1.82) is 0 Å². The normalized spacial score (nSPS) is 12.9. The van der Waals surface area contributed by atoms with Gasteiger partial charge in [-0.2, -0.15) is 0 Å². The molecule has 3 nitrogen and oxygen atoms in total. The van der Waals surface area contributed by atoms with Crippen LogP contribution in [0.15, 0.2) is 224 Å². The van der Waals surface area contributed by atoms with E-state index in [1.807, 2.05) is 0 Å². The molecule has 0 aliphatic heterocycles. The number of rotatable bonds is 6. The van der Waals surface area contributed by atoms with Crippen LogP contribution >= 0.6 is 0 Å². The van der Waals surface area contributed by atoms with E-state index < -0.39 is 5.41 Å². The number of benzene rings is 9. The van der Waals surface area contributed by atoms with Crippen molar-refractivity contribution in [2.45, 2.75) is 5.41 Å². The number of aromatic nitrogens is 3. The van der Waals surface area contributed by atoms with Gasteiger partial charge < -0.3 is 4.57 Å². The summed E-state index contributed by atoms with van der Waals surface area (Å²) in [5.41, 5.74) is 17.5. The van der Waals surface area contributed by atoms with Crippen LogP contribution in [0.4, 0.5) is 0 Å². The van der Waals surface area contributed by atoms with Crippen molar-refractivity contribution in [3.05, 3.63) is 247 Å². The number of para-hydroxylation sites is 4. The molecule has 0 fully saturated rings. The molecule has 0 spiro atoms. The summed E-state index contributed by atoms with van der Waals surface area (Å²) in [6.45, 7) is 0. The van der Waals surface area contributed by atoms with Gasteiger partial charge in [-0.15, -0.1) is 0 Å². The van der Waals surface area contributed by atoms with Gasteiger partial charge in [-0.05, 0) is 93.0 Å². The Balaban J connectivity index is 0.985. The topological polar surface area (TPSA) is 22.8 Å². The second kappa shape index (κ2) is 13.2. The van der Waals surface area contributed by atoms with Gasteiger partial charge in [0.2, 0.25) is 0 Å². The molecule has 11 aromatic rings. The first-order valence-electron chi connectivity index (χ1n) is 20.3. The largest absolute Gasteiger partial charge is 0.309 e. The second-order valence-electron chi connectivity index (χ2n) is 15.5. The Bertz CT molecular complexity index is 3300. The number of nitrogens with zero attached hydrogens (tertiary/aromatic N) is 3. The predicted molar refractivity (Wildman–Crippen MR) is 244 cm³/mol. The van der Waals surface area contributed by atoms with Crippen molar-refractivity contribution in [2.24, 2.45) is 0 Å².